The second-order valence-corrected chi connectivity index (χ2v) is 5.67. The van der Waals surface area contributed by atoms with Crippen molar-refractivity contribution < 1.29 is 9.53 Å². The van der Waals surface area contributed by atoms with Gasteiger partial charge in [-0.25, -0.2) is 4.79 Å². The average molecular weight is 274 g/mol. The van der Waals surface area contributed by atoms with Gasteiger partial charge >= 0.3 is 5.97 Å². The van der Waals surface area contributed by atoms with Gasteiger partial charge in [-0.3, -0.25) is 4.90 Å². The first-order chi connectivity index (χ1) is 9.78. The molecule has 2 saturated heterocycles. The molecule has 1 aromatic carbocycles. The molecular formula is C16H22N2O2. The van der Waals surface area contributed by atoms with Crippen molar-refractivity contribution in [1.29, 1.82) is 0 Å². The quantitative estimate of drug-likeness (QED) is 0.774. The smallest absolute Gasteiger partial charge is 0.337 e. The van der Waals surface area contributed by atoms with Gasteiger partial charge < -0.3 is 9.64 Å². The molecule has 108 valence electrons. The Hall–Kier alpha value is -1.55. The van der Waals surface area contributed by atoms with E-state index in [2.05, 4.69) is 9.80 Å². The summed E-state index contributed by atoms with van der Waals surface area (Å²) < 4.78 is 4.73. The van der Waals surface area contributed by atoms with Gasteiger partial charge in [-0.1, -0.05) is 6.42 Å². The monoisotopic (exact) mass is 274 g/mol. The number of piperazine rings is 1. The summed E-state index contributed by atoms with van der Waals surface area (Å²) in [6, 6.07) is 8.48. The standard InChI is InChI=1S/C16H22N2O2/c1-20-16(19)13-5-7-14(8-6-13)18-11-10-17-9-3-2-4-15(17)12-18/h5-8,15H,2-4,9-12H2,1H3. The van der Waals surface area contributed by atoms with E-state index in [9.17, 15) is 4.79 Å². The van der Waals surface area contributed by atoms with Crippen molar-refractivity contribution in [3.05, 3.63) is 29.8 Å². The molecule has 20 heavy (non-hydrogen) atoms. The molecule has 0 radical (unpaired) electrons. The number of methoxy groups -OCH3 is 1. The first kappa shape index (κ1) is 13.4. The first-order valence-corrected chi connectivity index (χ1v) is 7.45. The summed E-state index contributed by atoms with van der Waals surface area (Å²) in [5.41, 5.74) is 1.83. The minimum absolute atomic E-state index is 0.270. The Balaban J connectivity index is 1.68. The van der Waals surface area contributed by atoms with E-state index in [0.717, 1.165) is 19.6 Å². The molecule has 4 nitrogen and oxygen atoms in total. The summed E-state index contributed by atoms with van der Waals surface area (Å²) in [5.74, 6) is -0.270. The molecule has 2 fully saturated rings. The molecule has 0 aliphatic carbocycles. The third-order valence-corrected chi connectivity index (χ3v) is 4.49. The maximum atomic E-state index is 11.4. The Bertz CT molecular complexity index is 472. The highest BCUT2D eigenvalue weighted by atomic mass is 16.5. The van der Waals surface area contributed by atoms with Crippen LogP contribution in [0.4, 0.5) is 5.69 Å². The van der Waals surface area contributed by atoms with Crippen molar-refractivity contribution in [2.75, 3.05) is 38.2 Å². The van der Waals surface area contributed by atoms with Crippen LogP contribution in [-0.4, -0.2) is 50.2 Å². The summed E-state index contributed by atoms with van der Waals surface area (Å²) >= 11 is 0. The Kier molecular flexibility index (Phi) is 3.92. The summed E-state index contributed by atoms with van der Waals surface area (Å²) in [7, 11) is 1.42. The van der Waals surface area contributed by atoms with Crippen LogP contribution >= 0.6 is 0 Å². The van der Waals surface area contributed by atoms with E-state index < -0.39 is 0 Å². The second-order valence-electron chi connectivity index (χ2n) is 5.67. The molecule has 0 bridgehead atoms. The van der Waals surface area contributed by atoms with Crippen LogP contribution in [-0.2, 0) is 4.74 Å². The van der Waals surface area contributed by atoms with Crippen LogP contribution in [0, 0.1) is 0 Å². The van der Waals surface area contributed by atoms with Crippen molar-refractivity contribution >= 4 is 11.7 Å². The molecule has 0 aromatic heterocycles. The number of ether oxygens (including phenoxy) is 1. The van der Waals surface area contributed by atoms with Crippen molar-refractivity contribution in [2.45, 2.75) is 25.3 Å². The van der Waals surface area contributed by atoms with E-state index in [-0.39, 0.29) is 5.97 Å². The maximum Gasteiger partial charge on any atom is 0.337 e. The van der Waals surface area contributed by atoms with Gasteiger partial charge in [-0.15, -0.1) is 0 Å². The average Bonchev–Trinajstić information content (AvgIpc) is 2.54. The minimum atomic E-state index is -0.270. The zero-order valence-corrected chi connectivity index (χ0v) is 12.0. The Morgan fingerprint density at radius 1 is 1.15 bits per heavy atom. The predicted molar refractivity (Wildman–Crippen MR) is 79.2 cm³/mol. The van der Waals surface area contributed by atoms with Gasteiger partial charge in [0.1, 0.15) is 0 Å². The molecule has 4 heteroatoms. The third kappa shape index (κ3) is 2.66. The van der Waals surface area contributed by atoms with Crippen molar-refractivity contribution in [3.8, 4) is 0 Å². The van der Waals surface area contributed by atoms with Crippen LogP contribution in [0.2, 0.25) is 0 Å². The van der Waals surface area contributed by atoms with Gasteiger partial charge in [0.05, 0.1) is 12.7 Å². The number of rotatable bonds is 2. The zero-order chi connectivity index (χ0) is 13.9. The normalized spacial score (nSPS) is 23.2. The van der Waals surface area contributed by atoms with E-state index >= 15 is 0 Å². The van der Waals surface area contributed by atoms with Crippen LogP contribution < -0.4 is 4.90 Å². The molecular weight excluding hydrogens is 252 g/mol. The summed E-state index contributed by atoms with van der Waals surface area (Å²) in [5, 5.41) is 0. The second kappa shape index (κ2) is 5.83. The first-order valence-electron chi connectivity index (χ1n) is 7.45. The number of anilines is 1. The molecule has 2 aliphatic rings. The van der Waals surface area contributed by atoms with E-state index in [0.29, 0.717) is 11.6 Å². The maximum absolute atomic E-state index is 11.4. The molecule has 0 saturated carbocycles. The van der Waals surface area contributed by atoms with Crippen molar-refractivity contribution in [1.82, 2.24) is 4.90 Å². The number of carbonyl (C=O) groups is 1. The molecule has 0 amide bonds. The number of benzene rings is 1. The van der Waals surface area contributed by atoms with Gasteiger partial charge in [0, 0.05) is 31.4 Å². The number of esters is 1. The van der Waals surface area contributed by atoms with Crippen LogP contribution in [0.15, 0.2) is 24.3 Å². The fourth-order valence-electron chi connectivity index (χ4n) is 3.32. The van der Waals surface area contributed by atoms with E-state index in [1.165, 1.54) is 38.6 Å². The lowest BCUT2D eigenvalue weighted by atomic mass is 9.99. The molecule has 1 aromatic rings. The summed E-state index contributed by atoms with van der Waals surface area (Å²) in [4.78, 5) is 16.5. The van der Waals surface area contributed by atoms with Crippen molar-refractivity contribution in [3.63, 3.8) is 0 Å². The molecule has 3 rings (SSSR count). The molecule has 0 spiro atoms. The Morgan fingerprint density at radius 3 is 2.70 bits per heavy atom. The van der Waals surface area contributed by atoms with Crippen LogP contribution in [0.3, 0.4) is 0 Å². The Morgan fingerprint density at radius 2 is 1.95 bits per heavy atom. The zero-order valence-electron chi connectivity index (χ0n) is 12.0. The van der Waals surface area contributed by atoms with E-state index in [4.69, 9.17) is 4.74 Å². The van der Waals surface area contributed by atoms with E-state index in [1.54, 1.807) is 0 Å². The SMILES string of the molecule is COC(=O)c1ccc(N2CCN3CCCCC3C2)cc1. The van der Waals surface area contributed by atoms with Crippen LogP contribution in [0.1, 0.15) is 29.6 Å². The lowest BCUT2D eigenvalue weighted by Crippen LogP contribution is -2.54. The highest BCUT2D eigenvalue weighted by molar-refractivity contribution is 5.89. The number of carbonyl (C=O) groups excluding carboxylic acids is 1. The lowest BCUT2D eigenvalue weighted by Gasteiger charge is -2.45. The highest BCUT2D eigenvalue weighted by Crippen LogP contribution is 2.25. The van der Waals surface area contributed by atoms with Gasteiger partial charge in [-0.2, -0.15) is 0 Å². The largest absolute Gasteiger partial charge is 0.465 e. The van der Waals surface area contributed by atoms with Crippen molar-refractivity contribution in [2.24, 2.45) is 0 Å². The molecule has 2 heterocycles. The molecule has 1 unspecified atom stereocenters. The van der Waals surface area contributed by atoms with Crippen LogP contribution in [0.5, 0.6) is 0 Å². The van der Waals surface area contributed by atoms with Crippen LogP contribution in [0.25, 0.3) is 0 Å². The van der Waals surface area contributed by atoms with Gasteiger partial charge in [-0.05, 0) is 43.7 Å². The number of nitrogens with zero attached hydrogens (tertiary/aromatic N) is 2. The Labute approximate surface area is 120 Å². The molecule has 2 aliphatic heterocycles. The molecule has 0 N–H and O–H groups in total. The number of hydrogen-bond donors (Lipinski definition) is 0. The predicted octanol–water partition coefficient (Wildman–Crippen LogP) is 2.15. The number of fused-ring (bicyclic) bond motifs is 1. The summed E-state index contributed by atoms with van der Waals surface area (Å²) in [6.45, 7) is 4.61. The van der Waals surface area contributed by atoms with Gasteiger partial charge in [0.2, 0.25) is 0 Å². The minimum Gasteiger partial charge on any atom is -0.465 e. The molecule has 1 atom stereocenters. The topological polar surface area (TPSA) is 32.8 Å². The van der Waals surface area contributed by atoms with Gasteiger partial charge in [0.15, 0.2) is 0 Å². The summed E-state index contributed by atoms with van der Waals surface area (Å²) in [6.07, 6.45) is 4.03. The highest BCUT2D eigenvalue weighted by Gasteiger charge is 2.28. The van der Waals surface area contributed by atoms with Gasteiger partial charge in [0.25, 0.3) is 0 Å². The number of piperidine rings is 1. The fourth-order valence-corrected chi connectivity index (χ4v) is 3.32. The van der Waals surface area contributed by atoms with E-state index in [1.807, 2.05) is 24.3 Å². The number of hydrogen-bond acceptors (Lipinski definition) is 4. The fraction of sp³-hybridized carbons (Fsp3) is 0.562. The third-order valence-electron chi connectivity index (χ3n) is 4.49. The lowest BCUT2D eigenvalue weighted by molar-refractivity contribution is 0.0600.